The number of hydrogen-bond acceptors (Lipinski definition) is 4. The van der Waals surface area contributed by atoms with Gasteiger partial charge in [0.1, 0.15) is 0 Å². The van der Waals surface area contributed by atoms with E-state index in [-0.39, 0.29) is 18.4 Å². The Balaban J connectivity index is 2.07. The van der Waals surface area contributed by atoms with E-state index in [1.165, 1.54) is 22.3 Å². The summed E-state index contributed by atoms with van der Waals surface area (Å²) >= 11 is 1.38. The summed E-state index contributed by atoms with van der Waals surface area (Å²) in [7, 11) is 0. The van der Waals surface area contributed by atoms with Crippen molar-refractivity contribution in [2.24, 2.45) is 0 Å². The van der Waals surface area contributed by atoms with Crippen LogP contribution in [0.2, 0.25) is 0 Å². The molecular weight excluding hydrogens is 278 g/mol. The highest BCUT2D eigenvalue weighted by molar-refractivity contribution is 7.12. The summed E-state index contributed by atoms with van der Waals surface area (Å²) in [6, 6.07) is 3.60. The van der Waals surface area contributed by atoms with Crippen LogP contribution in [0.5, 0.6) is 0 Å². The minimum absolute atomic E-state index is 0.122. The molecule has 1 aliphatic rings. The number of hydrogen-bond donors (Lipinski definition) is 1. The fraction of sp³-hybridized carbons (Fsp3) is 0.357. The van der Waals surface area contributed by atoms with Crippen LogP contribution in [-0.4, -0.2) is 27.8 Å². The van der Waals surface area contributed by atoms with Gasteiger partial charge in [-0.1, -0.05) is 0 Å². The van der Waals surface area contributed by atoms with Crippen molar-refractivity contribution in [1.29, 1.82) is 0 Å². The average Bonchev–Trinajstić information content (AvgIpc) is 2.79. The van der Waals surface area contributed by atoms with Crippen LogP contribution >= 0.6 is 11.3 Å². The Morgan fingerprint density at radius 2 is 1.90 bits per heavy atom. The van der Waals surface area contributed by atoms with E-state index < -0.39 is 5.97 Å². The summed E-state index contributed by atoms with van der Waals surface area (Å²) in [6.07, 6.45) is 4.93. The molecule has 1 aromatic rings. The molecule has 0 saturated carbocycles. The lowest BCUT2D eigenvalue weighted by atomic mass is 10.2. The molecule has 6 heteroatoms. The quantitative estimate of drug-likeness (QED) is 0.682. The smallest absolute Gasteiger partial charge is 0.328 e. The molecule has 1 aliphatic heterocycles. The van der Waals surface area contributed by atoms with Gasteiger partial charge in [0.15, 0.2) is 0 Å². The molecule has 0 aromatic carbocycles. The largest absolute Gasteiger partial charge is 0.478 e. The van der Waals surface area contributed by atoms with Crippen molar-refractivity contribution < 1.29 is 19.5 Å². The van der Waals surface area contributed by atoms with Gasteiger partial charge in [-0.3, -0.25) is 14.5 Å². The summed E-state index contributed by atoms with van der Waals surface area (Å²) in [6.45, 7) is 0.281. The van der Waals surface area contributed by atoms with E-state index >= 15 is 0 Å². The van der Waals surface area contributed by atoms with Crippen molar-refractivity contribution >= 4 is 35.2 Å². The van der Waals surface area contributed by atoms with Crippen LogP contribution in [0.3, 0.4) is 0 Å². The van der Waals surface area contributed by atoms with Crippen LogP contribution in [0.15, 0.2) is 18.2 Å². The number of rotatable bonds is 4. The molecule has 2 amide bonds. The monoisotopic (exact) mass is 293 g/mol. The number of carbonyl (C=O) groups excluding carboxylic acids is 2. The maximum Gasteiger partial charge on any atom is 0.328 e. The molecule has 20 heavy (non-hydrogen) atoms. The molecule has 5 nitrogen and oxygen atoms in total. The zero-order valence-electron chi connectivity index (χ0n) is 10.9. The van der Waals surface area contributed by atoms with E-state index in [9.17, 15) is 14.4 Å². The minimum Gasteiger partial charge on any atom is -0.478 e. The maximum absolute atomic E-state index is 11.9. The van der Waals surface area contributed by atoms with Crippen molar-refractivity contribution in [3.8, 4) is 0 Å². The van der Waals surface area contributed by atoms with Crippen molar-refractivity contribution in [1.82, 2.24) is 4.90 Å². The lowest BCUT2D eigenvalue weighted by Crippen LogP contribution is -2.34. The standard InChI is InChI=1S/C14H15NO4S/c16-12-3-1-2-4-13(17)15(12)9-11-6-5-10(20-11)7-8-14(18)19/h5-8H,1-4,9H2,(H,18,19). The molecule has 1 aromatic heterocycles. The van der Waals surface area contributed by atoms with E-state index in [1.54, 1.807) is 6.07 Å². The van der Waals surface area contributed by atoms with Crippen molar-refractivity contribution in [2.45, 2.75) is 32.2 Å². The molecule has 0 spiro atoms. The molecular formula is C14H15NO4S. The van der Waals surface area contributed by atoms with Gasteiger partial charge in [0.2, 0.25) is 11.8 Å². The Labute approximate surface area is 120 Å². The molecule has 106 valence electrons. The first-order valence-electron chi connectivity index (χ1n) is 6.39. The second-order valence-corrected chi connectivity index (χ2v) is 5.76. The molecule has 0 radical (unpaired) electrons. The molecule has 0 bridgehead atoms. The molecule has 0 unspecified atom stereocenters. The third-order valence-electron chi connectivity index (χ3n) is 3.02. The summed E-state index contributed by atoms with van der Waals surface area (Å²) in [5, 5.41) is 8.56. The highest BCUT2D eigenvalue weighted by Gasteiger charge is 2.24. The average molecular weight is 293 g/mol. The number of carbonyl (C=O) groups is 3. The molecule has 2 heterocycles. The summed E-state index contributed by atoms with van der Waals surface area (Å²) in [4.78, 5) is 37.2. The molecule has 2 rings (SSSR count). The number of thiophene rings is 1. The van der Waals surface area contributed by atoms with Crippen LogP contribution in [0, 0.1) is 0 Å². The first-order valence-corrected chi connectivity index (χ1v) is 7.21. The van der Waals surface area contributed by atoms with Crippen LogP contribution in [0.1, 0.15) is 35.4 Å². The highest BCUT2D eigenvalue weighted by atomic mass is 32.1. The van der Waals surface area contributed by atoms with Crippen LogP contribution in [-0.2, 0) is 20.9 Å². The second-order valence-electron chi connectivity index (χ2n) is 4.56. The zero-order chi connectivity index (χ0) is 14.5. The maximum atomic E-state index is 11.9. The first-order chi connectivity index (χ1) is 9.56. The van der Waals surface area contributed by atoms with Crippen LogP contribution < -0.4 is 0 Å². The van der Waals surface area contributed by atoms with E-state index in [0.717, 1.165) is 28.7 Å². The Hall–Kier alpha value is -1.95. The molecule has 0 atom stereocenters. The molecule has 1 saturated heterocycles. The van der Waals surface area contributed by atoms with Crippen molar-refractivity contribution in [3.05, 3.63) is 28.0 Å². The van der Waals surface area contributed by atoms with Crippen LogP contribution in [0.4, 0.5) is 0 Å². The zero-order valence-corrected chi connectivity index (χ0v) is 11.7. The van der Waals surface area contributed by atoms with Gasteiger partial charge >= 0.3 is 5.97 Å². The summed E-state index contributed by atoms with van der Waals surface area (Å²) < 4.78 is 0. The van der Waals surface area contributed by atoms with Gasteiger partial charge in [-0.15, -0.1) is 11.3 Å². The Bertz CT molecular complexity index is 543. The Morgan fingerprint density at radius 3 is 2.50 bits per heavy atom. The Kier molecular flexibility index (Phi) is 4.68. The SMILES string of the molecule is O=C(O)C=Cc1ccc(CN2C(=O)CCCCC2=O)s1. The van der Waals surface area contributed by atoms with Gasteiger partial charge < -0.3 is 5.11 Å². The van der Waals surface area contributed by atoms with Gasteiger partial charge in [0.05, 0.1) is 6.54 Å². The number of carboxylic acid groups (broad SMARTS) is 1. The number of aliphatic carboxylic acids is 1. The predicted molar refractivity (Wildman–Crippen MR) is 75.0 cm³/mol. The number of imide groups is 1. The number of amides is 2. The van der Waals surface area contributed by atoms with Gasteiger partial charge in [-0.05, 0) is 31.1 Å². The van der Waals surface area contributed by atoms with Gasteiger partial charge in [0, 0.05) is 28.7 Å². The van der Waals surface area contributed by atoms with Crippen molar-refractivity contribution in [3.63, 3.8) is 0 Å². The van der Waals surface area contributed by atoms with E-state index in [1.807, 2.05) is 6.07 Å². The predicted octanol–water partition coefficient (Wildman–Crippen LogP) is 2.28. The van der Waals surface area contributed by atoms with Crippen LogP contribution in [0.25, 0.3) is 6.08 Å². The summed E-state index contributed by atoms with van der Waals surface area (Å²) in [5.74, 6) is -1.25. The summed E-state index contributed by atoms with van der Waals surface area (Å²) in [5.41, 5.74) is 0. The fourth-order valence-corrected chi connectivity index (χ4v) is 2.92. The van der Waals surface area contributed by atoms with Gasteiger partial charge in [-0.25, -0.2) is 4.79 Å². The first kappa shape index (κ1) is 14.5. The number of carboxylic acids is 1. The van der Waals surface area contributed by atoms with E-state index in [0.29, 0.717) is 12.8 Å². The van der Waals surface area contributed by atoms with Gasteiger partial charge in [-0.2, -0.15) is 0 Å². The lowest BCUT2D eigenvalue weighted by Gasteiger charge is -2.17. The third kappa shape index (κ3) is 3.77. The van der Waals surface area contributed by atoms with E-state index in [2.05, 4.69) is 0 Å². The number of nitrogens with zero attached hydrogens (tertiary/aromatic N) is 1. The second kappa shape index (κ2) is 6.47. The van der Waals surface area contributed by atoms with Gasteiger partial charge in [0.25, 0.3) is 0 Å². The molecule has 1 fully saturated rings. The lowest BCUT2D eigenvalue weighted by molar-refractivity contribution is -0.144. The third-order valence-corrected chi connectivity index (χ3v) is 4.06. The highest BCUT2D eigenvalue weighted by Crippen LogP contribution is 2.22. The molecule has 1 N–H and O–H groups in total. The Morgan fingerprint density at radius 1 is 1.25 bits per heavy atom. The number of likely N-dealkylation sites (tertiary alicyclic amines) is 1. The van der Waals surface area contributed by atoms with E-state index in [4.69, 9.17) is 5.11 Å². The molecule has 0 aliphatic carbocycles. The van der Waals surface area contributed by atoms with Crippen molar-refractivity contribution in [2.75, 3.05) is 0 Å². The normalized spacial score (nSPS) is 16.7. The topological polar surface area (TPSA) is 74.7 Å². The fourth-order valence-electron chi connectivity index (χ4n) is 2.02. The minimum atomic E-state index is -1.00.